The lowest BCUT2D eigenvalue weighted by atomic mass is 9.89. The number of anilines is 1. The first-order valence-electron chi connectivity index (χ1n) is 9.78. The number of amides is 3. The van der Waals surface area contributed by atoms with Crippen molar-refractivity contribution in [1.29, 1.82) is 5.26 Å². The van der Waals surface area contributed by atoms with Crippen LogP contribution in [-0.4, -0.2) is 45.8 Å². The van der Waals surface area contributed by atoms with Gasteiger partial charge < -0.3 is 10.2 Å². The number of carbonyl (C=O) groups excluding carboxylic acids is 2. The van der Waals surface area contributed by atoms with Gasteiger partial charge in [0.1, 0.15) is 5.82 Å². The molecule has 0 saturated carbocycles. The van der Waals surface area contributed by atoms with Crippen LogP contribution in [0.3, 0.4) is 0 Å². The minimum Gasteiger partial charge on any atom is -0.337 e. The molecule has 8 nitrogen and oxygen atoms in total. The molecule has 1 aliphatic heterocycles. The molecule has 1 aliphatic rings. The van der Waals surface area contributed by atoms with Crippen LogP contribution in [0.1, 0.15) is 54.2 Å². The van der Waals surface area contributed by atoms with Crippen LogP contribution in [0.15, 0.2) is 30.3 Å². The summed E-state index contributed by atoms with van der Waals surface area (Å²) in [6.45, 7) is 5.05. The van der Waals surface area contributed by atoms with Gasteiger partial charge in [0.15, 0.2) is 5.69 Å². The minimum absolute atomic E-state index is 0.0155. The number of urea groups is 1. The number of likely N-dealkylation sites (tertiary alicyclic amines) is 1. The summed E-state index contributed by atoms with van der Waals surface area (Å²) < 4.78 is 1.50. The number of nitrogens with zero attached hydrogens (tertiary/aromatic N) is 4. The van der Waals surface area contributed by atoms with E-state index in [-0.39, 0.29) is 18.0 Å². The van der Waals surface area contributed by atoms with Crippen molar-refractivity contribution in [3.05, 3.63) is 47.2 Å². The largest absolute Gasteiger partial charge is 0.337 e. The number of hydrogen-bond donors (Lipinski definition) is 2. The van der Waals surface area contributed by atoms with Crippen LogP contribution in [0.5, 0.6) is 0 Å². The first-order chi connectivity index (χ1) is 13.9. The number of nitrogens with one attached hydrogen (secondary N) is 2. The van der Waals surface area contributed by atoms with Crippen molar-refractivity contribution in [2.75, 3.05) is 18.4 Å². The van der Waals surface area contributed by atoms with Gasteiger partial charge in [-0.25, -0.2) is 4.79 Å². The molecule has 1 aromatic heterocycles. The maximum Gasteiger partial charge on any atom is 0.320 e. The topological polar surface area (TPSA) is 103 Å². The summed E-state index contributed by atoms with van der Waals surface area (Å²) >= 11 is 0. The van der Waals surface area contributed by atoms with E-state index < -0.39 is 0 Å². The van der Waals surface area contributed by atoms with Crippen LogP contribution in [0.2, 0.25) is 0 Å². The molecule has 2 N–H and O–H groups in total. The van der Waals surface area contributed by atoms with E-state index in [0.29, 0.717) is 36.1 Å². The Bertz CT molecular complexity index is 918. The van der Waals surface area contributed by atoms with Crippen molar-refractivity contribution < 1.29 is 9.59 Å². The van der Waals surface area contributed by atoms with E-state index in [4.69, 9.17) is 5.26 Å². The molecule has 0 spiro atoms. The average molecular weight is 394 g/mol. The first-order valence-corrected chi connectivity index (χ1v) is 9.78. The standard InChI is InChI=1S/C21H26N6O2/c1-14(2)23-21(29)24-19-12-18(25-26(19)3)20(28)27-10-8-17(9-11-27)16-6-4-15(13-22)5-7-16/h4-7,12,14,17H,8-11H2,1-3H3,(H2,23,24,29). The van der Waals surface area contributed by atoms with Crippen molar-refractivity contribution in [2.24, 2.45) is 7.05 Å². The molecule has 3 rings (SSSR count). The van der Waals surface area contributed by atoms with Crippen LogP contribution >= 0.6 is 0 Å². The third-order valence-electron chi connectivity index (χ3n) is 5.05. The van der Waals surface area contributed by atoms with Crippen LogP contribution < -0.4 is 10.6 Å². The Balaban J connectivity index is 1.60. The second-order valence-corrected chi connectivity index (χ2v) is 7.59. The van der Waals surface area contributed by atoms with E-state index in [0.717, 1.165) is 12.8 Å². The summed E-state index contributed by atoms with van der Waals surface area (Å²) in [4.78, 5) is 26.5. The van der Waals surface area contributed by atoms with Gasteiger partial charge in [-0.05, 0) is 50.3 Å². The number of benzene rings is 1. The third-order valence-corrected chi connectivity index (χ3v) is 5.05. The van der Waals surface area contributed by atoms with E-state index in [9.17, 15) is 9.59 Å². The highest BCUT2D eigenvalue weighted by Crippen LogP contribution is 2.29. The number of piperidine rings is 1. The minimum atomic E-state index is -0.328. The zero-order valence-corrected chi connectivity index (χ0v) is 17.0. The van der Waals surface area contributed by atoms with Crippen LogP contribution in [-0.2, 0) is 7.05 Å². The first kappa shape index (κ1) is 20.4. The predicted molar refractivity (Wildman–Crippen MR) is 110 cm³/mol. The van der Waals surface area contributed by atoms with E-state index in [1.807, 2.05) is 38.1 Å². The van der Waals surface area contributed by atoms with Crippen molar-refractivity contribution in [3.8, 4) is 6.07 Å². The Morgan fingerprint density at radius 2 is 1.86 bits per heavy atom. The molecular weight excluding hydrogens is 368 g/mol. The normalized spacial score (nSPS) is 14.5. The van der Waals surface area contributed by atoms with Crippen molar-refractivity contribution in [1.82, 2.24) is 20.0 Å². The zero-order chi connectivity index (χ0) is 21.0. The molecule has 0 radical (unpaired) electrons. The van der Waals surface area contributed by atoms with E-state index in [2.05, 4.69) is 21.8 Å². The van der Waals surface area contributed by atoms with Gasteiger partial charge in [-0.2, -0.15) is 10.4 Å². The Morgan fingerprint density at radius 3 is 2.45 bits per heavy atom. The maximum atomic E-state index is 12.8. The Kier molecular flexibility index (Phi) is 6.17. The molecular formula is C21H26N6O2. The summed E-state index contributed by atoms with van der Waals surface area (Å²) in [7, 11) is 1.69. The average Bonchev–Trinajstić information content (AvgIpc) is 3.07. The Labute approximate surface area is 170 Å². The summed E-state index contributed by atoms with van der Waals surface area (Å²) in [6.07, 6.45) is 1.73. The Hall–Kier alpha value is -3.34. The van der Waals surface area contributed by atoms with Gasteiger partial charge >= 0.3 is 6.03 Å². The molecule has 8 heteroatoms. The molecule has 3 amide bonds. The van der Waals surface area contributed by atoms with Gasteiger partial charge in [-0.1, -0.05) is 12.1 Å². The Morgan fingerprint density at radius 1 is 1.21 bits per heavy atom. The van der Waals surface area contributed by atoms with Gasteiger partial charge in [0.25, 0.3) is 5.91 Å². The second kappa shape index (κ2) is 8.78. The predicted octanol–water partition coefficient (Wildman–Crippen LogP) is 2.84. The van der Waals surface area contributed by atoms with Crippen molar-refractivity contribution in [3.63, 3.8) is 0 Å². The highest BCUT2D eigenvalue weighted by atomic mass is 16.2. The lowest BCUT2D eigenvalue weighted by molar-refractivity contribution is 0.0706. The highest BCUT2D eigenvalue weighted by Gasteiger charge is 2.26. The lowest BCUT2D eigenvalue weighted by Crippen LogP contribution is -2.38. The monoisotopic (exact) mass is 394 g/mol. The summed E-state index contributed by atoms with van der Waals surface area (Å²) in [5, 5.41) is 18.6. The SMILES string of the molecule is CC(C)NC(=O)Nc1cc(C(=O)N2CCC(c3ccc(C#N)cc3)CC2)nn1C. The third kappa shape index (κ3) is 4.93. The van der Waals surface area contributed by atoms with Gasteiger partial charge in [-0.15, -0.1) is 0 Å². The van der Waals surface area contributed by atoms with E-state index >= 15 is 0 Å². The van der Waals surface area contributed by atoms with Crippen LogP contribution in [0, 0.1) is 11.3 Å². The molecule has 2 aromatic rings. The molecule has 2 heterocycles. The van der Waals surface area contributed by atoms with Gasteiger partial charge in [0.2, 0.25) is 0 Å². The number of hydrogen-bond acceptors (Lipinski definition) is 4. The van der Waals surface area contributed by atoms with E-state index in [1.54, 1.807) is 18.0 Å². The molecule has 1 aromatic carbocycles. The number of carbonyl (C=O) groups is 2. The lowest BCUT2D eigenvalue weighted by Gasteiger charge is -2.31. The van der Waals surface area contributed by atoms with Gasteiger partial charge in [0.05, 0.1) is 11.6 Å². The quantitative estimate of drug-likeness (QED) is 0.832. The fourth-order valence-corrected chi connectivity index (χ4v) is 3.51. The smallest absolute Gasteiger partial charge is 0.320 e. The molecule has 0 aliphatic carbocycles. The summed E-state index contributed by atoms with van der Waals surface area (Å²) in [6, 6.07) is 11.1. The molecule has 0 bridgehead atoms. The molecule has 29 heavy (non-hydrogen) atoms. The summed E-state index contributed by atoms with van der Waals surface area (Å²) in [5.74, 6) is 0.725. The van der Waals surface area contributed by atoms with Crippen molar-refractivity contribution in [2.45, 2.75) is 38.6 Å². The van der Waals surface area contributed by atoms with E-state index in [1.165, 1.54) is 10.2 Å². The highest BCUT2D eigenvalue weighted by molar-refractivity contribution is 5.95. The van der Waals surface area contributed by atoms with Crippen molar-refractivity contribution >= 4 is 17.8 Å². The number of aromatic nitrogens is 2. The molecule has 1 saturated heterocycles. The van der Waals surface area contributed by atoms with Gasteiger partial charge in [-0.3, -0.25) is 14.8 Å². The zero-order valence-electron chi connectivity index (χ0n) is 17.0. The molecule has 152 valence electrons. The molecule has 0 atom stereocenters. The number of nitriles is 1. The fourth-order valence-electron chi connectivity index (χ4n) is 3.51. The fraction of sp³-hybridized carbons (Fsp3) is 0.429. The van der Waals surface area contributed by atoms with Gasteiger partial charge in [0, 0.05) is 32.2 Å². The summed E-state index contributed by atoms with van der Waals surface area (Å²) in [5.41, 5.74) is 2.18. The van der Waals surface area contributed by atoms with Crippen LogP contribution in [0.25, 0.3) is 0 Å². The molecule has 1 fully saturated rings. The number of aryl methyl sites for hydroxylation is 1. The van der Waals surface area contributed by atoms with Crippen LogP contribution in [0.4, 0.5) is 10.6 Å². The molecule has 0 unspecified atom stereocenters. The second-order valence-electron chi connectivity index (χ2n) is 7.59. The maximum absolute atomic E-state index is 12.8. The number of rotatable bonds is 4.